The fourth-order valence-electron chi connectivity index (χ4n) is 1.64. The molecule has 4 N–H and O–H groups in total. The van der Waals surface area contributed by atoms with Crippen molar-refractivity contribution in [1.29, 1.82) is 0 Å². The zero-order valence-corrected chi connectivity index (χ0v) is 8.03. The van der Waals surface area contributed by atoms with Gasteiger partial charge in [0.2, 0.25) is 0 Å². The minimum atomic E-state index is 0.237. The summed E-state index contributed by atoms with van der Waals surface area (Å²) in [6.07, 6.45) is 2.51. The van der Waals surface area contributed by atoms with Crippen molar-refractivity contribution < 1.29 is 5.21 Å². The lowest BCUT2D eigenvalue weighted by Gasteiger charge is -2.19. The smallest absolute Gasteiger partial charge is 0.153 e. The highest BCUT2D eigenvalue weighted by atomic mass is 16.4. The van der Waals surface area contributed by atoms with Gasteiger partial charge in [0.05, 0.1) is 6.54 Å². The van der Waals surface area contributed by atoms with Crippen molar-refractivity contribution in [2.24, 2.45) is 10.9 Å². The maximum atomic E-state index is 8.29. The van der Waals surface area contributed by atoms with Crippen LogP contribution in [0.2, 0.25) is 0 Å². The van der Waals surface area contributed by atoms with Crippen LogP contribution in [0.3, 0.4) is 0 Å². The molecule has 0 aliphatic carbocycles. The number of likely N-dealkylation sites (tertiary alicyclic amines) is 1. The zero-order chi connectivity index (χ0) is 9.68. The van der Waals surface area contributed by atoms with Crippen molar-refractivity contribution in [3.8, 4) is 0 Å². The van der Waals surface area contributed by atoms with Crippen molar-refractivity contribution in [2.75, 3.05) is 26.7 Å². The number of nitrogens with zero attached hydrogens (tertiary/aromatic N) is 2. The number of amidine groups is 1. The van der Waals surface area contributed by atoms with Gasteiger partial charge in [0.15, 0.2) is 5.84 Å². The van der Waals surface area contributed by atoms with E-state index in [0.717, 1.165) is 6.54 Å². The Morgan fingerprint density at radius 3 is 3.08 bits per heavy atom. The maximum absolute atomic E-state index is 8.29. The summed E-state index contributed by atoms with van der Waals surface area (Å²) in [5.41, 5.74) is 5.32. The highest BCUT2D eigenvalue weighted by Crippen LogP contribution is 2.13. The quantitative estimate of drug-likeness (QED) is 0.238. The summed E-state index contributed by atoms with van der Waals surface area (Å²) in [7, 11) is 2.13. The van der Waals surface area contributed by atoms with Crippen LogP contribution in [0.15, 0.2) is 5.16 Å². The molecule has 76 valence electrons. The summed E-state index contributed by atoms with van der Waals surface area (Å²) in [6.45, 7) is 2.55. The topological polar surface area (TPSA) is 73.9 Å². The predicted molar refractivity (Wildman–Crippen MR) is 51.9 cm³/mol. The summed E-state index contributed by atoms with van der Waals surface area (Å²) in [5.74, 6) is 0.237. The molecule has 5 heteroatoms. The van der Waals surface area contributed by atoms with Gasteiger partial charge in [0.25, 0.3) is 0 Å². The summed E-state index contributed by atoms with van der Waals surface area (Å²) >= 11 is 0. The maximum Gasteiger partial charge on any atom is 0.153 e. The lowest BCUT2D eigenvalue weighted by atomic mass is 10.2. The molecule has 1 aliphatic rings. The number of hydrogen-bond acceptors (Lipinski definition) is 4. The molecule has 1 atom stereocenters. The monoisotopic (exact) mass is 186 g/mol. The number of likely N-dealkylation sites (N-methyl/N-ethyl adjacent to an activating group) is 1. The van der Waals surface area contributed by atoms with Gasteiger partial charge in [-0.25, -0.2) is 0 Å². The summed E-state index contributed by atoms with van der Waals surface area (Å²) in [6, 6.07) is 0.603. The Morgan fingerprint density at radius 1 is 1.77 bits per heavy atom. The highest BCUT2D eigenvalue weighted by molar-refractivity contribution is 5.81. The second-order valence-electron chi connectivity index (χ2n) is 3.50. The van der Waals surface area contributed by atoms with Crippen LogP contribution in [0, 0.1) is 0 Å². The van der Waals surface area contributed by atoms with Gasteiger partial charge in [0, 0.05) is 12.6 Å². The normalized spacial score (nSPS) is 25.3. The fraction of sp³-hybridized carbons (Fsp3) is 0.875. The highest BCUT2D eigenvalue weighted by Gasteiger charge is 2.19. The molecular weight excluding hydrogens is 168 g/mol. The van der Waals surface area contributed by atoms with Crippen molar-refractivity contribution in [1.82, 2.24) is 10.2 Å². The first-order valence-corrected chi connectivity index (χ1v) is 4.61. The molecule has 5 nitrogen and oxygen atoms in total. The average molecular weight is 186 g/mol. The van der Waals surface area contributed by atoms with E-state index >= 15 is 0 Å². The molecule has 0 amide bonds. The zero-order valence-electron chi connectivity index (χ0n) is 8.03. The van der Waals surface area contributed by atoms with E-state index in [9.17, 15) is 0 Å². The Hall–Kier alpha value is -0.810. The molecule has 0 bridgehead atoms. The third-order valence-electron chi connectivity index (χ3n) is 2.49. The number of oxime groups is 1. The number of nitrogens with two attached hydrogens (primary N) is 1. The molecule has 1 saturated heterocycles. The Labute approximate surface area is 78.6 Å². The van der Waals surface area contributed by atoms with Crippen LogP contribution in [-0.2, 0) is 0 Å². The van der Waals surface area contributed by atoms with Crippen molar-refractivity contribution in [2.45, 2.75) is 18.9 Å². The third kappa shape index (κ3) is 3.20. The standard InChI is InChI=1S/C8H18N4O/c1-12-4-2-3-7(12)5-10-6-8(9)11-13/h7,10,13H,2-6H2,1H3,(H2,9,11). The number of nitrogens with one attached hydrogen (secondary N) is 1. The SMILES string of the molecule is CN1CCCC1CNCC(N)=NO. The average Bonchev–Trinajstić information content (AvgIpc) is 2.52. The van der Waals surface area contributed by atoms with E-state index in [2.05, 4.69) is 22.4 Å². The Morgan fingerprint density at radius 2 is 2.54 bits per heavy atom. The number of rotatable bonds is 4. The van der Waals surface area contributed by atoms with E-state index in [1.807, 2.05) is 0 Å². The van der Waals surface area contributed by atoms with Crippen LogP contribution in [0.5, 0.6) is 0 Å². The van der Waals surface area contributed by atoms with Gasteiger partial charge in [-0.3, -0.25) is 0 Å². The van der Waals surface area contributed by atoms with Crippen LogP contribution in [0.25, 0.3) is 0 Å². The minimum absolute atomic E-state index is 0.237. The molecule has 1 fully saturated rings. The molecule has 0 spiro atoms. The van der Waals surface area contributed by atoms with E-state index in [1.54, 1.807) is 0 Å². The third-order valence-corrected chi connectivity index (χ3v) is 2.49. The van der Waals surface area contributed by atoms with Crippen LogP contribution in [-0.4, -0.2) is 48.7 Å². The number of hydrogen-bond donors (Lipinski definition) is 3. The lowest BCUT2D eigenvalue weighted by Crippen LogP contribution is -2.39. The molecule has 0 aromatic carbocycles. The second kappa shape index (κ2) is 5.04. The van der Waals surface area contributed by atoms with E-state index in [-0.39, 0.29) is 5.84 Å². The Balaban J connectivity index is 2.12. The van der Waals surface area contributed by atoms with Gasteiger partial charge < -0.3 is 21.2 Å². The van der Waals surface area contributed by atoms with Crippen molar-refractivity contribution in [3.05, 3.63) is 0 Å². The lowest BCUT2D eigenvalue weighted by molar-refractivity contribution is 0.301. The largest absolute Gasteiger partial charge is 0.409 e. The van der Waals surface area contributed by atoms with Crippen LogP contribution in [0.4, 0.5) is 0 Å². The first-order valence-electron chi connectivity index (χ1n) is 4.61. The Bertz CT molecular complexity index is 183. The predicted octanol–water partition coefficient (Wildman–Crippen LogP) is -0.583. The van der Waals surface area contributed by atoms with E-state index in [1.165, 1.54) is 19.4 Å². The van der Waals surface area contributed by atoms with E-state index in [4.69, 9.17) is 10.9 Å². The molecule has 1 rings (SSSR count). The molecule has 0 saturated carbocycles. The van der Waals surface area contributed by atoms with E-state index < -0.39 is 0 Å². The van der Waals surface area contributed by atoms with Crippen molar-refractivity contribution in [3.63, 3.8) is 0 Å². The molecule has 0 aromatic heterocycles. The van der Waals surface area contributed by atoms with Gasteiger partial charge in [-0.2, -0.15) is 0 Å². The first-order chi connectivity index (χ1) is 6.24. The molecule has 1 aliphatic heterocycles. The second-order valence-corrected chi connectivity index (χ2v) is 3.50. The molecular formula is C8H18N4O. The van der Waals surface area contributed by atoms with Crippen LogP contribution < -0.4 is 11.1 Å². The minimum Gasteiger partial charge on any atom is -0.409 e. The summed E-state index contributed by atoms with van der Waals surface area (Å²) < 4.78 is 0. The molecule has 0 radical (unpaired) electrons. The summed E-state index contributed by atoms with van der Waals surface area (Å²) in [5, 5.41) is 14.3. The first kappa shape index (κ1) is 10.3. The molecule has 0 aromatic rings. The van der Waals surface area contributed by atoms with Gasteiger partial charge in [-0.1, -0.05) is 5.16 Å². The van der Waals surface area contributed by atoms with Gasteiger partial charge in [0.1, 0.15) is 0 Å². The van der Waals surface area contributed by atoms with Gasteiger partial charge >= 0.3 is 0 Å². The van der Waals surface area contributed by atoms with Crippen LogP contribution >= 0.6 is 0 Å². The summed E-state index contributed by atoms with van der Waals surface area (Å²) in [4.78, 5) is 2.33. The Kier molecular flexibility index (Phi) is 3.98. The van der Waals surface area contributed by atoms with Gasteiger partial charge in [-0.15, -0.1) is 0 Å². The van der Waals surface area contributed by atoms with Gasteiger partial charge in [-0.05, 0) is 26.4 Å². The molecule has 1 heterocycles. The van der Waals surface area contributed by atoms with E-state index in [0.29, 0.717) is 12.6 Å². The molecule has 1 unspecified atom stereocenters. The fourth-order valence-corrected chi connectivity index (χ4v) is 1.64. The van der Waals surface area contributed by atoms with Crippen LogP contribution in [0.1, 0.15) is 12.8 Å². The van der Waals surface area contributed by atoms with Crippen molar-refractivity contribution >= 4 is 5.84 Å². The molecule has 13 heavy (non-hydrogen) atoms.